The zero-order chi connectivity index (χ0) is 26.8. The molecule has 5 aromatic rings. The maximum atomic E-state index is 13.7. The normalized spacial score (nSPS) is 15.6. The summed E-state index contributed by atoms with van der Waals surface area (Å²) in [6, 6.07) is 28.2. The first kappa shape index (κ1) is 24.5. The molecule has 39 heavy (non-hydrogen) atoms. The van der Waals surface area contributed by atoms with Crippen LogP contribution in [0, 0.1) is 0 Å². The summed E-state index contributed by atoms with van der Waals surface area (Å²) in [5.41, 5.74) is 4.67. The number of amides is 1. The van der Waals surface area contributed by atoms with Crippen LogP contribution >= 0.6 is 11.8 Å². The number of amidine groups is 1. The van der Waals surface area contributed by atoms with Gasteiger partial charge >= 0.3 is 5.97 Å². The molecule has 0 atom stereocenters. The van der Waals surface area contributed by atoms with Crippen molar-refractivity contribution in [2.24, 2.45) is 4.99 Å². The van der Waals surface area contributed by atoms with E-state index >= 15 is 0 Å². The lowest BCUT2D eigenvalue weighted by Gasteiger charge is -2.15. The largest absolute Gasteiger partial charge is 0.478 e. The third kappa shape index (κ3) is 5.02. The minimum atomic E-state index is -0.988. The Labute approximate surface area is 229 Å². The molecule has 8 heteroatoms. The smallest absolute Gasteiger partial charge is 0.335 e. The maximum Gasteiger partial charge on any atom is 0.335 e. The molecule has 3 heterocycles. The van der Waals surface area contributed by atoms with Crippen molar-refractivity contribution in [3.63, 3.8) is 0 Å². The second kappa shape index (κ2) is 10.5. The van der Waals surface area contributed by atoms with Crippen molar-refractivity contribution < 1.29 is 14.7 Å². The summed E-state index contributed by atoms with van der Waals surface area (Å²) >= 11 is 1.34. The third-order valence-electron chi connectivity index (χ3n) is 6.58. The van der Waals surface area contributed by atoms with E-state index in [1.807, 2.05) is 89.8 Å². The van der Waals surface area contributed by atoms with Crippen molar-refractivity contribution in [1.29, 1.82) is 0 Å². The molecule has 6 rings (SSSR count). The van der Waals surface area contributed by atoms with Crippen LogP contribution in [0.15, 0.2) is 113 Å². The molecule has 1 aliphatic heterocycles. The Morgan fingerprint density at radius 1 is 0.974 bits per heavy atom. The second-order valence-electron chi connectivity index (χ2n) is 9.07. The number of carbonyl (C=O) groups is 2. The Morgan fingerprint density at radius 3 is 2.64 bits per heavy atom. The van der Waals surface area contributed by atoms with Crippen molar-refractivity contribution in [2.75, 3.05) is 6.54 Å². The highest BCUT2D eigenvalue weighted by Crippen LogP contribution is 2.35. The number of nitrogens with one attached hydrogen (secondary N) is 1. The summed E-state index contributed by atoms with van der Waals surface area (Å²) in [6.07, 6.45) is 6.37. The van der Waals surface area contributed by atoms with E-state index in [-0.39, 0.29) is 11.5 Å². The highest BCUT2D eigenvalue weighted by Gasteiger charge is 2.33. The van der Waals surface area contributed by atoms with E-state index < -0.39 is 5.97 Å². The van der Waals surface area contributed by atoms with Crippen LogP contribution in [0.3, 0.4) is 0 Å². The van der Waals surface area contributed by atoms with Gasteiger partial charge in [-0.15, -0.1) is 0 Å². The maximum absolute atomic E-state index is 13.7. The minimum Gasteiger partial charge on any atom is -0.478 e. The van der Waals surface area contributed by atoms with Crippen LogP contribution in [0.25, 0.3) is 22.7 Å². The number of hydrogen-bond donors (Lipinski definition) is 2. The van der Waals surface area contributed by atoms with Crippen molar-refractivity contribution in [2.45, 2.75) is 6.42 Å². The lowest BCUT2D eigenvalue weighted by Crippen LogP contribution is -2.31. The topological polar surface area (TPSA) is 90.7 Å². The Hall–Kier alpha value is -4.82. The number of carbonyl (C=O) groups excluding carboxylic acids is 1. The Balaban J connectivity index is 1.33. The van der Waals surface area contributed by atoms with Crippen LogP contribution < -0.4 is 0 Å². The monoisotopic (exact) mass is 532 g/mol. The van der Waals surface area contributed by atoms with Gasteiger partial charge in [0.1, 0.15) is 0 Å². The number of carboxylic acids is 1. The van der Waals surface area contributed by atoms with Gasteiger partial charge in [0.2, 0.25) is 0 Å². The molecule has 1 aliphatic rings. The van der Waals surface area contributed by atoms with Gasteiger partial charge in [0.15, 0.2) is 5.17 Å². The third-order valence-corrected chi connectivity index (χ3v) is 7.59. The molecule has 1 amide bonds. The molecule has 2 N–H and O–H groups in total. The Bertz CT molecular complexity index is 1750. The standard InChI is InChI=1S/C31H24N4O3S/c36-29-28(19-25-12-7-16-34(25)24-11-6-8-21(18-24)30(37)38)39-31(33-23-9-2-1-3-10-23)35(29)17-15-22-20-32-27-14-5-4-13-26(22)27/h1-14,16,18-20,32H,15,17H2,(H,37,38)/b28-19-,33-31?. The molecule has 0 aliphatic carbocycles. The number of carboxylic acid groups (broad SMARTS) is 1. The number of para-hydroxylation sites is 2. The van der Waals surface area contributed by atoms with E-state index in [2.05, 4.69) is 11.1 Å². The summed E-state index contributed by atoms with van der Waals surface area (Å²) < 4.78 is 1.87. The summed E-state index contributed by atoms with van der Waals surface area (Å²) in [5, 5.41) is 11.2. The summed E-state index contributed by atoms with van der Waals surface area (Å²) in [4.78, 5) is 35.6. The molecule has 0 spiro atoms. The first-order chi connectivity index (χ1) is 19.1. The predicted molar refractivity (Wildman–Crippen MR) is 156 cm³/mol. The minimum absolute atomic E-state index is 0.110. The molecule has 0 radical (unpaired) electrons. The number of aromatic nitrogens is 2. The molecule has 0 bridgehead atoms. The van der Waals surface area contributed by atoms with Gasteiger partial charge in [0.05, 0.1) is 16.2 Å². The Kier molecular flexibility index (Phi) is 6.61. The van der Waals surface area contributed by atoms with E-state index in [1.165, 1.54) is 11.8 Å². The number of fused-ring (bicyclic) bond motifs is 1. The zero-order valence-corrected chi connectivity index (χ0v) is 21.6. The first-order valence-electron chi connectivity index (χ1n) is 12.5. The number of aliphatic imine (C=N–C) groups is 1. The molecule has 0 saturated carbocycles. The molecular weight excluding hydrogens is 508 g/mol. The summed E-state index contributed by atoms with van der Waals surface area (Å²) in [5.74, 6) is -1.10. The first-order valence-corrected chi connectivity index (χ1v) is 13.3. The van der Waals surface area contributed by atoms with Crippen LogP contribution in [0.2, 0.25) is 0 Å². The number of benzene rings is 3. The van der Waals surface area contributed by atoms with E-state index in [0.29, 0.717) is 28.7 Å². The number of H-pyrrole nitrogens is 1. The highest BCUT2D eigenvalue weighted by atomic mass is 32.2. The fourth-order valence-electron chi connectivity index (χ4n) is 4.64. The van der Waals surface area contributed by atoms with Gasteiger partial charge in [0.25, 0.3) is 5.91 Å². The summed E-state index contributed by atoms with van der Waals surface area (Å²) in [6.45, 7) is 0.484. The molecule has 2 aromatic heterocycles. The van der Waals surface area contributed by atoms with Gasteiger partial charge in [-0.05, 0) is 78.4 Å². The molecule has 3 aromatic carbocycles. The van der Waals surface area contributed by atoms with E-state index in [4.69, 9.17) is 4.99 Å². The number of aromatic carboxylic acids is 1. The quantitative estimate of drug-likeness (QED) is 0.234. The van der Waals surface area contributed by atoms with Gasteiger partial charge < -0.3 is 14.7 Å². The molecule has 1 fully saturated rings. The van der Waals surface area contributed by atoms with Crippen LogP contribution in [0.1, 0.15) is 21.6 Å². The van der Waals surface area contributed by atoms with Crippen LogP contribution in [0.5, 0.6) is 0 Å². The number of rotatable bonds is 7. The SMILES string of the molecule is O=C(O)c1cccc(-n2cccc2/C=C2\SC(=Nc3ccccc3)N(CCc3c[nH]c4ccccc34)C2=O)c1. The number of nitrogens with zero attached hydrogens (tertiary/aromatic N) is 3. The van der Waals surface area contributed by atoms with Crippen molar-refractivity contribution in [3.05, 3.63) is 125 Å². The molecule has 192 valence electrons. The molecule has 7 nitrogen and oxygen atoms in total. The van der Waals surface area contributed by atoms with E-state index in [9.17, 15) is 14.7 Å². The fourth-order valence-corrected chi connectivity index (χ4v) is 5.65. The van der Waals surface area contributed by atoms with Gasteiger partial charge in [-0.3, -0.25) is 9.69 Å². The van der Waals surface area contributed by atoms with Gasteiger partial charge in [0, 0.05) is 41.2 Å². The number of thioether (sulfide) groups is 1. The van der Waals surface area contributed by atoms with E-state index in [0.717, 1.165) is 27.8 Å². The highest BCUT2D eigenvalue weighted by molar-refractivity contribution is 8.18. The van der Waals surface area contributed by atoms with Crippen molar-refractivity contribution in [3.8, 4) is 5.69 Å². The number of hydrogen-bond acceptors (Lipinski definition) is 4. The second-order valence-corrected chi connectivity index (χ2v) is 10.1. The fraction of sp³-hybridized carbons (Fsp3) is 0.0645. The number of aromatic amines is 1. The van der Waals surface area contributed by atoms with E-state index in [1.54, 1.807) is 23.1 Å². The van der Waals surface area contributed by atoms with Crippen molar-refractivity contribution in [1.82, 2.24) is 14.5 Å². The van der Waals surface area contributed by atoms with Gasteiger partial charge in [-0.2, -0.15) is 0 Å². The van der Waals surface area contributed by atoms with Crippen molar-refractivity contribution >= 4 is 51.5 Å². The average Bonchev–Trinajstić information content (AvgIpc) is 3.67. The molecular formula is C31H24N4O3S. The predicted octanol–water partition coefficient (Wildman–Crippen LogP) is 6.50. The Morgan fingerprint density at radius 2 is 1.79 bits per heavy atom. The lowest BCUT2D eigenvalue weighted by atomic mass is 10.1. The van der Waals surface area contributed by atoms with Gasteiger partial charge in [-0.1, -0.05) is 42.5 Å². The molecule has 1 saturated heterocycles. The average molecular weight is 533 g/mol. The molecule has 0 unspecified atom stereocenters. The van der Waals surface area contributed by atoms with Crippen LogP contribution in [0.4, 0.5) is 5.69 Å². The van der Waals surface area contributed by atoms with Gasteiger partial charge in [-0.25, -0.2) is 9.79 Å². The lowest BCUT2D eigenvalue weighted by molar-refractivity contribution is -0.122. The summed E-state index contributed by atoms with van der Waals surface area (Å²) in [7, 11) is 0. The van der Waals surface area contributed by atoms with Crippen LogP contribution in [-0.2, 0) is 11.2 Å². The van der Waals surface area contributed by atoms with Crippen LogP contribution in [-0.4, -0.2) is 43.1 Å². The zero-order valence-electron chi connectivity index (χ0n) is 20.8.